The Morgan fingerprint density at radius 1 is 0.912 bits per heavy atom. The lowest BCUT2D eigenvalue weighted by Crippen LogP contribution is -2.37. The molecule has 11 heteroatoms. The summed E-state index contributed by atoms with van der Waals surface area (Å²) in [7, 11) is -1.13. The maximum Gasteiger partial charge on any atom is 0.243 e. The zero-order chi connectivity index (χ0) is 24.9. The number of carbonyl (C=O) groups is 1. The van der Waals surface area contributed by atoms with Gasteiger partial charge in [0.2, 0.25) is 15.9 Å². The average molecular weight is 544 g/mol. The summed E-state index contributed by atoms with van der Waals surface area (Å²) < 4.78 is 38.3. The molecule has 0 aliphatic carbocycles. The number of nitrogens with one attached hydrogen (secondary N) is 1. The number of halogens is 3. The van der Waals surface area contributed by atoms with Crippen molar-refractivity contribution >= 4 is 56.4 Å². The zero-order valence-electron chi connectivity index (χ0n) is 18.2. The molecular weight excluding hydrogens is 523 g/mol. The molecule has 0 saturated carbocycles. The van der Waals surface area contributed by atoms with Crippen molar-refractivity contribution in [1.29, 1.82) is 0 Å². The summed E-state index contributed by atoms with van der Waals surface area (Å²) in [6.07, 6.45) is 0. The lowest BCUT2D eigenvalue weighted by molar-refractivity contribution is -0.116. The maximum atomic E-state index is 13.4. The van der Waals surface area contributed by atoms with Gasteiger partial charge in [-0.2, -0.15) is 4.31 Å². The fraction of sp³-hybridized carbons (Fsp3) is 0.174. The van der Waals surface area contributed by atoms with Crippen LogP contribution in [0.25, 0.3) is 0 Å². The molecule has 0 unspecified atom stereocenters. The van der Waals surface area contributed by atoms with E-state index in [4.69, 9.17) is 44.3 Å². The van der Waals surface area contributed by atoms with Crippen LogP contribution < -0.4 is 14.8 Å². The topological polar surface area (TPSA) is 84.9 Å². The molecule has 0 aliphatic heterocycles. The standard InChI is InChI=1S/C23H21Cl3N2O5S/c1-32-18-7-10-21(22(12-18)33-2)27-23(29)14-28(13-15-3-4-17(25)11-20(15)26)34(30,31)19-8-5-16(24)6-9-19/h3-12H,13-14H2,1-2H3,(H,27,29). The molecule has 1 N–H and O–H groups in total. The quantitative estimate of drug-likeness (QED) is 0.386. The molecule has 0 fully saturated rings. The van der Waals surface area contributed by atoms with E-state index in [1.807, 2.05) is 0 Å². The second-order valence-corrected chi connectivity index (χ2v) is 10.3. The Labute approximate surface area is 213 Å². The largest absolute Gasteiger partial charge is 0.497 e. The number of ether oxygens (including phenoxy) is 2. The molecule has 3 aromatic carbocycles. The Morgan fingerprint density at radius 2 is 1.59 bits per heavy atom. The molecule has 180 valence electrons. The number of anilines is 1. The van der Waals surface area contributed by atoms with Gasteiger partial charge in [-0.05, 0) is 54.1 Å². The summed E-state index contributed by atoms with van der Waals surface area (Å²) in [4.78, 5) is 12.9. The average Bonchev–Trinajstić information content (AvgIpc) is 2.80. The van der Waals surface area contributed by atoms with E-state index in [1.165, 1.54) is 44.6 Å². The van der Waals surface area contributed by atoms with Crippen LogP contribution in [0.1, 0.15) is 5.56 Å². The van der Waals surface area contributed by atoms with Crippen LogP contribution in [0.15, 0.2) is 65.6 Å². The lowest BCUT2D eigenvalue weighted by atomic mass is 10.2. The molecule has 0 radical (unpaired) electrons. The highest BCUT2D eigenvalue weighted by Gasteiger charge is 2.28. The third-order valence-electron chi connectivity index (χ3n) is 4.82. The molecule has 1 amide bonds. The SMILES string of the molecule is COc1ccc(NC(=O)CN(Cc2ccc(Cl)cc2Cl)S(=O)(=O)c2ccc(Cl)cc2)c(OC)c1. The van der Waals surface area contributed by atoms with Crippen LogP contribution in [0.4, 0.5) is 5.69 Å². The molecule has 0 heterocycles. The summed E-state index contributed by atoms with van der Waals surface area (Å²) in [5.74, 6) is 0.325. The molecule has 0 saturated heterocycles. The van der Waals surface area contributed by atoms with Crippen LogP contribution in [0, 0.1) is 0 Å². The molecule has 34 heavy (non-hydrogen) atoms. The fourth-order valence-electron chi connectivity index (χ4n) is 3.07. The van der Waals surface area contributed by atoms with Crippen LogP contribution in [-0.2, 0) is 21.4 Å². The predicted molar refractivity (Wildman–Crippen MR) is 134 cm³/mol. The second kappa shape index (κ2) is 11.3. The van der Waals surface area contributed by atoms with Gasteiger partial charge in [-0.15, -0.1) is 0 Å². The summed E-state index contributed by atoms with van der Waals surface area (Å²) >= 11 is 18.1. The molecule has 3 aromatic rings. The van der Waals surface area contributed by atoms with Gasteiger partial charge in [-0.1, -0.05) is 40.9 Å². The van der Waals surface area contributed by atoms with E-state index in [9.17, 15) is 13.2 Å². The Balaban J connectivity index is 1.92. The summed E-state index contributed by atoms with van der Waals surface area (Å²) in [5.41, 5.74) is 0.847. The number of nitrogens with zero attached hydrogens (tertiary/aromatic N) is 1. The van der Waals surface area contributed by atoms with E-state index in [2.05, 4.69) is 5.32 Å². The second-order valence-electron chi connectivity index (χ2n) is 7.08. The number of methoxy groups -OCH3 is 2. The normalized spacial score (nSPS) is 11.4. The molecule has 7 nitrogen and oxygen atoms in total. The van der Waals surface area contributed by atoms with Crippen molar-refractivity contribution in [1.82, 2.24) is 4.31 Å². The van der Waals surface area contributed by atoms with E-state index in [0.29, 0.717) is 32.8 Å². The van der Waals surface area contributed by atoms with E-state index < -0.39 is 22.5 Å². The van der Waals surface area contributed by atoms with Gasteiger partial charge in [0.05, 0.1) is 31.3 Å². The molecule has 0 bridgehead atoms. The number of amides is 1. The first-order valence-electron chi connectivity index (χ1n) is 9.85. The van der Waals surface area contributed by atoms with Crippen LogP contribution in [-0.4, -0.2) is 39.4 Å². The minimum atomic E-state index is -4.09. The van der Waals surface area contributed by atoms with Gasteiger partial charge >= 0.3 is 0 Å². The fourth-order valence-corrected chi connectivity index (χ4v) is 5.04. The van der Waals surface area contributed by atoms with Crippen molar-refractivity contribution in [3.8, 4) is 11.5 Å². The number of carbonyl (C=O) groups excluding carboxylic acids is 1. The molecular formula is C23H21Cl3N2O5S. The smallest absolute Gasteiger partial charge is 0.243 e. The number of sulfonamides is 1. The molecule has 0 atom stereocenters. The van der Waals surface area contributed by atoms with Crippen molar-refractivity contribution in [2.45, 2.75) is 11.4 Å². The number of benzene rings is 3. The van der Waals surface area contributed by atoms with Crippen LogP contribution >= 0.6 is 34.8 Å². The predicted octanol–water partition coefficient (Wildman–Crippen LogP) is 5.49. The highest BCUT2D eigenvalue weighted by molar-refractivity contribution is 7.89. The molecule has 3 rings (SSSR count). The monoisotopic (exact) mass is 542 g/mol. The van der Waals surface area contributed by atoms with Gasteiger partial charge < -0.3 is 14.8 Å². The van der Waals surface area contributed by atoms with E-state index in [0.717, 1.165) is 4.31 Å². The molecule has 0 aromatic heterocycles. The third kappa shape index (κ3) is 6.34. The van der Waals surface area contributed by atoms with Crippen molar-refractivity contribution in [2.75, 3.05) is 26.1 Å². The minimum absolute atomic E-state index is 0.0168. The van der Waals surface area contributed by atoms with Gasteiger partial charge in [0.15, 0.2) is 0 Å². The van der Waals surface area contributed by atoms with Crippen LogP contribution in [0.3, 0.4) is 0 Å². The van der Waals surface area contributed by atoms with Crippen LogP contribution in [0.2, 0.25) is 15.1 Å². The Kier molecular flexibility index (Phi) is 8.67. The van der Waals surface area contributed by atoms with Crippen molar-refractivity contribution in [3.63, 3.8) is 0 Å². The van der Waals surface area contributed by atoms with E-state index in [1.54, 1.807) is 30.3 Å². The number of hydrogen-bond donors (Lipinski definition) is 1. The number of rotatable bonds is 9. The van der Waals surface area contributed by atoms with Gasteiger partial charge in [-0.3, -0.25) is 4.79 Å². The Morgan fingerprint density at radius 3 is 2.21 bits per heavy atom. The Bertz CT molecular complexity index is 1280. The highest BCUT2D eigenvalue weighted by Crippen LogP contribution is 2.30. The number of hydrogen-bond acceptors (Lipinski definition) is 5. The highest BCUT2D eigenvalue weighted by atomic mass is 35.5. The van der Waals surface area contributed by atoms with E-state index in [-0.39, 0.29) is 16.5 Å². The summed E-state index contributed by atoms with van der Waals surface area (Å²) in [6, 6.07) is 15.2. The molecule has 0 spiro atoms. The maximum absolute atomic E-state index is 13.4. The van der Waals surface area contributed by atoms with Gasteiger partial charge in [-0.25, -0.2) is 8.42 Å². The Hall–Kier alpha value is -2.49. The first-order valence-corrected chi connectivity index (χ1v) is 12.4. The van der Waals surface area contributed by atoms with Crippen molar-refractivity contribution < 1.29 is 22.7 Å². The van der Waals surface area contributed by atoms with Gasteiger partial charge in [0, 0.05) is 27.7 Å². The zero-order valence-corrected chi connectivity index (χ0v) is 21.3. The van der Waals surface area contributed by atoms with Crippen molar-refractivity contribution in [3.05, 3.63) is 81.3 Å². The summed E-state index contributed by atoms with van der Waals surface area (Å²) in [5, 5.41) is 3.76. The molecule has 0 aliphatic rings. The van der Waals surface area contributed by atoms with Crippen molar-refractivity contribution in [2.24, 2.45) is 0 Å². The first kappa shape index (κ1) is 26.1. The first-order chi connectivity index (χ1) is 16.1. The minimum Gasteiger partial charge on any atom is -0.497 e. The van der Waals surface area contributed by atoms with E-state index >= 15 is 0 Å². The summed E-state index contributed by atoms with van der Waals surface area (Å²) in [6.45, 7) is -0.646. The lowest BCUT2D eigenvalue weighted by Gasteiger charge is -2.23. The van der Waals surface area contributed by atoms with Gasteiger partial charge in [0.25, 0.3) is 0 Å². The van der Waals surface area contributed by atoms with Gasteiger partial charge in [0.1, 0.15) is 11.5 Å². The third-order valence-corrected chi connectivity index (χ3v) is 7.46. The van der Waals surface area contributed by atoms with Crippen LogP contribution in [0.5, 0.6) is 11.5 Å².